The van der Waals surface area contributed by atoms with Gasteiger partial charge < -0.3 is 19.3 Å². The first kappa shape index (κ1) is 22.3. The number of amides is 1. The van der Waals surface area contributed by atoms with Gasteiger partial charge in [0.25, 0.3) is 11.6 Å². The molecule has 0 saturated carbocycles. The topological polar surface area (TPSA) is 98.0 Å². The molecule has 1 aliphatic rings. The molecule has 0 radical (unpaired) electrons. The van der Waals surface area contributed by atoms with E-state index in [2.05, 4.69) is 18.8 Å². The second kappa shape index (κ2) is 10.1. The molecule has 0 spiro atoms. The number of carbonyl (C=O) groups excluding carboxylic acids is 1. The lowest BCUT2D eigenvalue weighted by Gasteiger charge is -2.35. The number of piperazine rings is 1. The normalized spacial score (nSPS) is 13.9. The SMILES string of the molecule is COc1cc(C(=O)N2CCN(c3ccc([N+](=O)[O-])cn3)CC2)ccc1OCCC(C)C. The molecular weight excluding hydrogens is 400 g/mol. The molecule has 3 rings (SSSR count). The summed E-state index contributed by atoms with van der Waals surface area (Å²) >= 11 is 0. The van der Waals surface area contributed by atoms with E-state index in [0.717, 1.165) is 6.42 Å². The van der Waals surface area contributed by atoms with E-state index in [1.807, 2.05) is 4.90 Å². The van der Waals surface area contributed by atoms with Gasteiger partial charge in [-0.25, -0.2) is 4.98 Å². The van der Waals surface area contributed by atoms with Gasteiger partial charge in [-0.15, -0.1) is 0 Å². The van der Waals surface area contributed by atoms with Gasteiger partial charge in [-0.2, -0.15) is 0 Å². The predicted octanol–water partition coefficient (Wildman–Crippen LogP) is 3.39. The molecule has 166 valence electrons. The number of rotatable bonds is 8. The van der Waals surface area contributed by atoms with Crippen LogP contribution in [0.3, 0.4) is 0 Å². The molecule has 9 heteroatoms. The Morgan fingerprint density at radius 2 is 1.90 bits per heavy atom. The molecule has 0 bridgehead atoms. The number of pyridine rings is 1. The van der Waals surface area contributed by atoms with Crippen LogP contribution in [-0.2, 0) is 0 Å². The molecule has 2 heterocycles. The third-order valence-corrected chi connectivity index (χ3v) is 5.20. The Morgan fingerprint density at radius 3 is 2.48 bits per heavy atom. The summed E-state index contributed by atoms with van der Waals surface area (Å²) in [5, 5.41) is 10.8. The second-order valence-electron chi connectivity index (χ2n) is 7.81. The molecule has 1 fully saturated rings. The van der Waals surface area contributed by atoms with Crippen LogP contribution in [0.25, 0.3) is 0 Å². The average molecular weight is 428 g/mol. The summed E-state index contributed by atoms with van der Waals surface area (Å²) in [6.45, 7) is 7.15. The Kier molecular flexibility index (Phi) is 7.28. The average Bonchev–Trinajstić information content (AvgIpc) is 2.78. The van der Waals surface area contributed by atoms with Crippen LogP contribution >= 0.6 is 0 Å². The number of hydrogen-bond donors (Lipinski definition) is 0. The minimum atomic E-state index is -0.470. The van der Waals surface area contributed by atoms with E-state index in [-0.39, 0.29) is 11.6 Å². The molecule has 1 amide bonds. The first-order valence-corrected chi connectivity index (χ1v) is 10.3. The number of aromatic nitrogens is 1. The van der Waals surface area contributed by atoms with Gasteiger partial charge in [-0.1, -0.05) is 13.8 Å². The first-order valence-electron chi connectivity index (χ1n) is 10.3. The van der Waals surface area contributed by atoms with Gasteiger partial charge in [0.1, 0.15) is 12.0 Å². The maximum absolute atomic E-state index is 13.0. The van der Waals surface area contributed by atoms with E-state index >= 15 is 0 Å². The van der Waals surface area contributed by atoms with E-state index in [1.54, 1.807) is 36.3 Å². The van der Waals surface area contributed by atoms with Gasteiger partial charge in [0.2, 0.25) is 0 Å². The maximum Gasteiger partial charge on any atom is 0.287 e. The number of anilines is 1. The van der Waals surface area contributed by atoms with Crippen LogP contribution in [0.15, 0.2) is 36.5 Å². The highest BCUT2D eigenvalue weighted by molar-refractivity contribution is 5.95. The number of nitrogens with zero attached hydrogens (tertiary/aromatic N) is 4. The highest BCUT2D eigenvalue weighted by Gasteiger charge is 2.24. The smallest absolute Gasteiger partial charge is 0.287 e. The van der Waals surface area contributed by atoms with Gasteiger partial charge in [0, 0.05) is 37.8 Å². The summed E-state index contributed by atoms with van der Waals surface area (Å²) in [6, 6.07) is 8.34. The maximum atomic E-state index is 13.0. The Bertz CT molecular complexity index is 909. The Labute approximate surface area is 181 Å². The fourth-order valence-electron chi connectivity index (χ4n) is 3.32. The van der Waals surface area contributed by atoms with Crippen molar-refractivity contribution in [1.82, 2.24) is 9.88 Å². The van der Waals surface area contributed by atoms with Crippen LogP contribution < -0.4 is 14.4 Å². The minimum absolute atomic E-state index is 0.0388. The lowest BCUT2D eigenvalue weighted by atomic mass is 10.1. The Hall–Kier alpha value is -3.36. The van der Waals surface area contributed by atoms with Crippen molar-refractivity contribution in [2.24, 2.45) is 5.92 Å². The van der Waals surface area contributed by atoms with E-state index in [0.29, 0.717) is 61.6 Å². The molecule has 0 N–H and O–H groups in total. The summed E-state index contributed by atoms with van der Waals surface area (Å²) in [5.41, 5.74) is 0.512. The van der Waals surface area contributed by atoms with Crippen molar-refractivity contribution in [3.8, 4) is 11.5 Å². The van der Waals surface area contributed by atoms with E-state index in [1.165, 1.54) is 12.3 Å². The van der Waals surface area contributed by atoms with Crippen molar-refractivity contribution in [1.29, 1.82) is 0 Å². The molecule has 9 nitrogen and oxygen atoms in total. The monoisotopic (exact) mass is 428 g/mol. The van der Waals surface area contributed by atoms with Crippen molar-refractivity contribution in [3.63, 3.8) is 0 Å². The summed E-state index contributed by atoms with van der Waals surface area (Å²) in [7, 11) is 1.56. The summed E-state index contributed by atoms with van der Waals surface area (Å²) in [4.78, 5) is 31.2. The van der Waals surface area contributed by atoms with Crippen molar-refractivity contribution >= 4 is 17.4 Å². The fraction of sp³-hybridized carbons (Fsp3) is 0.455. The van der Waals surface area contributed by atoms with E-state index in [9.17, 15) is 14.9 Å². The van der Waals surface area contributed by atoms with E-state index < -0.39 is 4.92 Å². The van der Waals surface area contributed by atoms with Crippen LogP contribution in [0.2, 0.25) is 0 Å². The standard InChI is InChI=1S/C22H28N4O5/c1-16(2)8-13-31-19-6-4-17(14-20(19)30-3)22(27)25-11-9-24(10-12-25)21-7-5-18(15-23-21)26(28)29/h4-7,14-16H,8-13H2,1-3H3. The molecule has 2 aromatic rings. The third-order valence-electron chi connectivity index (χ3n) is 5.20. The number of methoxy groups -OCH3 is 1. The number of benzene rings is 1. The Morgan fingerprint density at radius 1 is 1.16 bits per heavy atom. The van der Waals surface area contributed by atoms with Crippen LogP contribution in [0, 0.1) is 16.0 Å². The number of ether oxygens (including phenoxy) is 2. The highest BCUT2D eigenvalue weighted by Crippen LogP contribution is 2.29. The quantitative estimate of drug-likeness (QED) is 0.469. The molecule has 1 aromatic heterocycles. The molecule has 0 aliphatic carbocycles. The number of carbonyl (C=O) groups is 1. The third kappa shape index (κ3) is 5.62. The first-order chi connectivity index (χ1) is 14.9. The number of hydrogen-bond acceptors (Lipinski definition) is 7. The zero-order chi connectivity index (χ0) is 22.4. The zero-order valence-electron chi connectivity index (χ0n) is 18.1. The van der Waals surface area contributed by atoms with Gasteiger partial charge in [0.15, 0.2) is 11.5 Å². The van der Waals surface area contributed by atoms with E-state index in [4.69, 9.17) is 9.47 Å². The molecule has 0 unspecified atom stereocenters. The summed E-state index contributed by atoms with van der Waals surface area (Å²) in [5.74, 6) is 2.33. The van der Waals surface area contributed by atoms with Crippen molar-refractivity contribution in [2.75, 3.05) is 44.8 Å². The van der Waals surface area contributed by atoms with Crippen molar-refractivity contribution in [3.05, 3.63) is 52.2 Å². The molecule has 0 atom stereocenters. The molecule has 31 heavy (non-hydrogen) atoms. The van der Waals surface area contributed by atoms with Crippen molar-refractivity contribution < 1.29 is 19.2 Å². The minimum Gasteiger partial charge on any atom is -0.493 e. The molecule has 1 aromatic carbocycles. The lowest BCUT2D eigenvalue weighted by Crippen LogP contribution is -2.49. The highest BCUT2D eigenvalue weighted by atomic mass is 16.6. The second-order valence-corrected chi connectivity index (χ2v) is 7.81. The summed E-state index contributed by atoms with van der Waals surface area (Å²) in [6.07, 6.45) is 2.20. The zero-order valence-corrected chi connectivity index (χ0v) is 18.1. The fourth-order valence-corrected chi connectivity index (χ4v) is 3.32. The largest absolute Gasteiger partial charge is 0.493 e. The Balaban J connectivity index is 1.60. The van der Waals surface area contributed by atoms with Crippen molar-refractivity contribution in [2.45, 2.75) is 20.3 Å². The van der Waals surface area contributed by atoms with Crippen LogP contribution in [-0.4, -0.2) is 60.6 Å². The molecule has 1 aliphatic heterocycles. The van der Waals surface area contributed by atoms with Gasteiger partial charge >= 0.3 is 0 Å². The van der Waals surface area contributed by atoms with Crippen LogP contribution in [0.1, 0.15) is 30.6 Å². The van der Waals surface area contributed by atoms with Crippen LogP contribution in [0.5, 0.6) is 11.5 Å². The predicted molar refractivity (Wildman–Crippen MR) is 117 cm³/mol. The molecular formula is C22H28N4O5. The number of nitro groups is 1. The van der Waals surface area contributed by atoms with Crippen LogP contribution in [0.4, 0.5) is 11.5 Å². The van der Waals surface area contributed by atoms with Gasteiger partial charge in [0.05, 0.1) is 18.6 Å². The van der Waals surface area contributed by atoms with Gasteiger partial charge in [-0.3, -0.25) is 14.9 Å². The molecule has 1 saturated heterocycles. The summed E-state index contributed by atoms with van der Waals surface area (Å²) < 4.78 is 11.2. The van der Waals surface area contributed by atoms with Gasteiger partial charge in [-0.05, 0) is 36.6 Å². The lowest BCUT2D eigenvalue weighted by molar-refractivity contribution is -0.385.